The Hall–Kier alpha value is -2.26. The highest BCUT2D eigenvalue weighted by molar-refractivity contribution is 6.21. The van der Waals surface area contributed by atoms with Gasteiger partial charge in [-0.05, 0) is 26.0 Å². The molecule has 0 N–H and O–H groups in total. The number of hydrogen-bond acceptors (Lipinski definition) is 2. The second-order valence-electron chi connectivity index (χ2n) is 6.25. The minimum absolute atomic E-state index is 0.114. The molecule has 0 aromatic carbocycles. The topological polar surface area (TPSA) is 26.3 Å². The minimum Gasteiger partial charge on any atom is -0.499 e. The average molecular weight is 417 g/mol. The predicted octanol–water partition coefficient (Wildman–Crippen LogP) is 5.68. The van der Waals surface area contributed by atoms with E-state index in [-0.39, 0.29) is 17.2 Å². The predicted molar refractivity (Wildman–Crippen MR) is 102 cm³/mol. The molecule has 0 fully saturated rings. The number of rotatable bonds is 7. The molecule has 0 aliphatic heterocycles. The van der Waals surface area contributed by atoms with Crippen molar-refractivity contribution in [2.24, 2.45) is 17.3 Å². The van der Waals surface area contributed by atoms with Crippen LogP contribution in [0.2, 0.25) is 0 Å². The number of alkyl halides is 4. The van der Waals surface area contributed by atoms with E-state index >= 15 is 0 Å². The zero-order chi connectivity index (χ0) is 21.4. The summed E-state index contributed by atoms with van der Waals surface area (Å²) in [6.07, 6.45) is 5.52. The highest BCUT2D eigenvalue weighted by Gasteiger charge is 2.37. The van der Waals surface area contributed by atoms with E-state index in [2.05, 4.69) is 11.8 Å². The van der Waals surface area contributed by atoms with Crippen LogP contribution in [-0.2, 0) is 9.53 Å². The number of halogens is 5. The number of allylic oxidation sites excluding steroid dienone is 10. The van der Waals surface area contributed by atoms with Crippen LogP contribution in [0.4, 0.5) is 17.6 Å². The van der Waals surface area contributed by atoms with Crippen molar-refractivity contribution in [1.29, 1.82) is 0 Å². The van der Waals surface area contributed by atoms with E-state index < -0.39 is 29.3 Å². The van der Waals surface area contributed by atoms with Gasteiger partial charge in [-0.3, -0.25) is 0 Å². The standard InChI is InChI=1S/C21H21ClF4O2/c1-15(22)6-4-5-7-17(11-13-21(24,25)26)20(2)12-10-16(14-27)18(23)8-9-19(20)28-3/h4-9,11,13-17H,1-3H3/b6-4+,7-5+,13-11+,18-8+,19-9+/t15?,16-,17?,20?/m1/s1. The Bertz CT molecular complexity index is 764. The molecular formula is C21H21ClF4O2. The molecule has 0 spiro atoms. The molecule has 1 aliphatic carbocycles. The summed E-state index contributed by atoms with van der Waals surface area (Å²) in [6.45, 7) is 3.30. The molecule has 7 heteroatoms. The summed E-state index contributed by atoms with van der Waals surface area (Å²) in [6, 6.07) is 0. The van der Waals surface area contributed by atoms with Crippen LogP contribution >= 0.6 is 11.6 Å². The maximum atomic E-state index is 13.9. The first kappa shape index (κ1) is 23.8. The van der Waals surface area contributed by atoms with Crippen molar-refractivity contribution in [3.63, 3.8) is 0 Å². The number of methoxy groups -OCH3 is 1. The molecule has 2 nitrogen and oxygen atoms in total. The van der Waals surface area contributed by atoms with E-state index in [1.165, 1.54) is 19.3 Å². The second kappa shape index (κ2) is 10.3. The molecule has 0 bridgehead atoms. The first-order valence-corrected chi connectivity index (χ1v) is 8.82. The summed E-state index contributed by atoms with van der Waals surface area (Å²) in [5.41, 5.74) is -1.27. The van der Waals surface area contributed by atoms with Crippen molar-refractivity contribution in [3.05, 3.63) is 60.2 Å². The van der Waals surface area contributed by atoms with Gasteiger partial charge in [0.05, 0.1) is 12.5 Å². The molecular weight excluding hydrogens is 396 g/mol. The normalized spacial score (nSPS) is 29.2. The molecule has 4 atom stereocenters. The molecule has 0 amide bonds. The molecule has 1 rings (SSSR count). The Morgan fingerprint density at radius 2 is 1.89 bits per heavy atom. The monoisotopic (exact) mass is 416 g/mol. The Morgan fingerprint density at radius 3 is 2.43 bits per heavy atom. The fourth-order valence-electron chi connectivity index (χ4n) is 2.48. The maximum Gasteiger partial charge on any atom is 0.409 e. The summed E-state index contributed by atoms with van der Waals surface area (Å²) >= 11 is 5.81. The van der Waals surface area contributed by atoms with Gasteiger partial charge in [0.15, 0.2) is 0 Å². The molecule has 1 aliphatic rings. The SMILES string of the molecule is CO/C1=C/C=C(/F)[C@@H](C=O)C#CC1(C)C(/C=C/C=C/C(C)Cl)/C=C/C(F)(F)F. The molecule has 0 saturated carbocycles. The zero-order valence-corrected chi connectivity index (χ0v) is 16.4. The number of hydrogen-bond donors (Lipinski definition) is 0. The summed E-state index contributed by atoms with van der Waals surface area (Å²) < 4.78 is 57.5. The summed E-state index contributed by atoms with van der Waals surface area (Å²) in [5.74, 6) is 2.45. The number of ether oxygens (including phenoxy) is 1. The van der Waals surface area contributed by atoms with Crippen LogP contribution in [0.3, 0.4) is 0 Å². The van der Waals surface area contributed by atoms with Gasteiger partial charge in [-0.1, -0.05) is 42.2 Å². The van der Waals surface area contributed by atoms with Gasteiger partial charge in [0.25, 0.3) is 0 Å². The van der Waals surface area contributed by atoms with Gasteiger partial charge < -0.3 is 9.53 Å². The summed E-state index contributed by atoms with van der Waals surface area (Å²) in [5, 5.41) is -0.249. The van der Waals surface area contributed by atoms with Gasteiger partial charge in [0.2, 0.25) is 0 Å². The van der Waals surface area contributed by atoms with Crippen molar-refractivity contribution in [2.75, 3.05) is 7.11 Å². The van der Waals surface area contributed by atoms with Crippen molar-refractivity contribution < 1.29 is 27.1 Å². The highest BCUT2D eigenvalue weighted by Crippen LogP contribution is 2.39. The van der Waals surface area contributed by atoms with Crippen LogP contribution in [0.1, 0.15) is 13.8 Å². The van der Waals surface area contributed by atoms with Crippen LogP contribution < -0.4 is 0 Å². The van der Waals surface area contributed by atoms with E-state index in [4.69, 9.17) is 16.3 Å². The molecule has 0 radical (unpaired) electrons. The fourth-order valence-corrected chi connectivity index (χ4v) is 2.56. The Labute approximate surface area is 167 Å². The lowest BCUT2D eigenvalue weighted by molar-refractivity contribution is -0.109. The third-order valence-electron chi connectivity index (χ3n) is 4.01. The van der Waals surface area contributed by atoms with Crippen LogP contribution in [0.5, 0.6) is 0 Å². The highest BCUT2D eigenvalue weighted by atomic mass is 35.5. The van der Waals surface area contributed by atoms with E-state index in [0.29, 0.717) is 6.29 Å². The molecule has 0 aromatic rings. The Kier molecular flexibility index (Phi) is 8.77. The average Bonchev–Trinajstić information content (AvgIpc) is 2.59. The van der Waals surface area contributed by atoms with Gasteiger partial charge in [-0.25, -0.2) is 4.39 Å². The van der Waals surface area contributed by atoms with Crippen molar-refractivity contribution in [1.82, 2.24) is 0 Å². The Morgan fingerprint density at radius 1 is 1.25 bits per heavy atom. The largest absolute Gasteiger partial charge is 0.499 e. The van der Waals surface area contributed by atoms with Crippen LogP contribution in [-0.4, -0.2) is 24.9 Å². The maximum absolute atomic E-state index is 13.9. The summed E-state index contributed by atoms with van der Waals surface area (Å²) in [4.78, 5) is 11.1. The van der Waals surface area contributed by atoms with Gasteiger partial charge in [-0.15, -0.1) is 11.6 Å². The quantitative estimate of drug-likeness (QED) is 0.133. The van der Waals surface area contributed by atoms with Crippen LogP contribution in [0.25, 0.3) is 0 Å². The lowest BCUT2D eigenvalue weighted by Crippen LogP contribution is -2.28. The molecule has 28 heavy (non-hydrogen) atoms. The zero-order valence-electron chi connectivity index (χ0n) is 15.6. The van der Waals surface area contributed by atoms with Crippen LogP contribution in [0, 0.1) is 29.1 Å². The fraction of sp³-hybridized carbons (Fsp3) is 0.381. The molecule has 0 heterocycles. The summed E-state index contributed by atoms with van der Waals surface area (Å²) in [7, 11) is 1.32. The second-order valence-corrected chi connectivity index (χ2v) is 6.93. The number of aldehydes is 1. The lowest BCUT2D eigenvalue weighted by Gasteiger charge is -2.32. The van der Waals surface area contributed by atoms with E-state index in [1.54, 1.807) is 32.1 Å². The molecule has 152 valence electrons. The van der Waals surface area contributed by atoms with Crippen molar-refractivity contribution in [3.8, 4) is 11.8 Å². The first-order chi connectivity index (χ1) is 13.0. The smallest absolute Gasteiger partial charge is 0.409 e. The molecule has 3 unspecified atom stereocenters. The molecule has 0 saturated heterocycles. The minimum atomic E-state index is -4.52. The Balaban J connectivity index is 3.50. The van der Waals surface area contributed by atoms with Gasteiger partial charge in [0.1, 0.15) is 23.8 Å². The lowest BCUT2D eigenvalue weighted by atomic mass is 9.74. The van der Waals surface area contributed by atoms with Crippen molar-refractivity contribution >= 4 is 17.9 Å². The van der Waals surface area contributed by atoms with E-state index in [0.717, 1.165) is 12.2 Å². The number of carbonyl (C=O) groups excluding carboxylic acids is 1. The first-order valence-electron chi connectivity index (χ1n) is 8.38. The van der Waals surface area contributed by atoms with Crippen LogP contribution in [0.15, 0.2) is 60.2 Å². The van der Waals surface area contributed by atoms with E-state index in [1.807, 2.05) is 0 Å². The third-order valence-corrected chi connectivity index (χ3v) is 4.16. The number of carbonyl (C=O) groups is 1. The van der Waals surface area contributed by atoms with Crippen molar-refractivity contribution in [2.45, 2.75) is 25.4 Å². The third kappa shape index (κ3) is 7.05. The van der Waals surface area contributed by atoms with Gasteiger partial charge in [0, 0.05) is 17.4 Å². The van der Waals surface area contributed by atoms with Gasteiger partial charge >= 0.3 is 6.18 Å². The molecule has 0 aromatic heterocycles. The van der Waals surface area contributed by atoms with E-state index in [9.17, 15) is 22.4 Å². The van der Waals surface area contributed by atoms with Gasteiger partial charge in [-0.2, -0.15) is 13.2 Å².